The van der Waals surface area contributed by atoms with Crippen molar-refractivity contribution in [2.75, 3.05) is 0 Å². The number of nitrogens with one attached hydrogen (secondary N) is 3. The number of imidazole rings is 1. The zero-order valence-electron chi connectivity index (χ0n) is 18.0. The van der Waals surface area contributed by atoms with Crippen LogP contribution in [0.25, 0.3) is 0 Å². The molecule has 1 fully saturated rings. The predicted octanol–water partition coefficient (Wildman–Crippen LogP) is 2.90. The highest BCUT2D eigenvalue weighted by Gasteiger charge is 2.44. The van der Waals surface area contributed by atoms with Crippen LogP contribution in [0.4, 0.5) is 0 Å². The van der Waals surface area contributed by atoms with Gasteiger partial charge in [-0.3, -0.25) is 14.9 Å². The fourth-order valence-electron chi connectivity index (χ4n) is 4.05. The van der Waals surface area contributed by atoms with E-state index < -0.39 is 11.6 Å². The van der Waals surface area contributed by atoms with Crippen LogP contribution in [0.15, 0.2) is 12.4 Å². The quantitative estimate of drug-likeness (QED) is 0.591. The Morgan fingerprint density at radius 3 is 2.50 bits per heavy atom. The van der Waals surface area contributed by atoms with Gasteiger partial charge in [0.05, 0.1) is 0 Å². The third kappa shape index (κ3) is 6.06. The predicted molar refractivity (Wildman–Crippen MR) is 109 cm³/mol. The molecule has 0 radical (unpaired) electrons. The Labute approximate surface area is 168 Å². The number of carbonyl (C=O) groups is 2. The van der Waals surface area contributed by atoms with Crippen molar-refractivity contribution in [3.63, 3.8) is 0 Å². The van der Waals surface area contributed by atoms with Gasteiger partial charge in [-0.2, -0.15) is 0 Å². The zero-order chi connectivity index (χ0) is 20.9. The number of ether oxygens (including phenoxy) is 1. The molecule has 7 heteroatoms. The van der Waals surface area contributed by atoms with Crippen LogP contribution in [0.5, 0.6) is 0 Å². The second-order valence-corrected chi connectivity index (χ2v) is 8.82. The molecule has 2 heterocycles. The first kappa shape index (κ1) is 22.4. The zero-order valence-corrected chi connectivity index (χ0v) is 18.0. The Hall–Kier alpha value is -1.89. The molecule has 1 unspecified atom stereocenters. The van der Waals surface area contributed by atoms with E-state index >= 15 is 0 Å². The van der Waals surface area contributed by atoms with Crippen molar-refractivity contribution in [3.05, 3.63) is 18.2 Å². The van der Waals surface area contributed by atoms with Crippen molar-refractivity contribution >= 4 is 11.9 Å². The van der Waals surface area contributed by atoms with Crippen LogP contribution in [0.1, 0.15) is 79.0 Å². The molecule has 0 aliphatic carbocycles. The summed E-state index contributed by atoms with van der Waals surface area (Å²) >= 11 is 0. The van der Waals surface area contributed by atoms with Gasteiger partial charge >= 0.3 is 5.97 Å². The third-order valence-electron chi connectivity index (χ3n) is 5.44. The highest BCUT2D eigenvalue weighted by Crippen LogP contribution is 2.34. The van der Waals surface area contributed by atoms with Crippen molar-refractivity contribution in [3.8, 4) is 0 Å². The topological polar surface area (TPSA) is 96.1 Å². The van der Waals surface area contributed by atoms with E-state index in [0.717, 1.165) is 25.1 Å². The summed E-state index contributed by atoms with van der Waals surface area (Å²) in [5.74, 6) is 1.03. The number of nitrogens with zero attached hydrogens (tertiary/aromatic N) is 1. The minimum atomic E-state index is -0.538. The van der Waals surface area contributed by atoms with Crippen LogP contribution < -0.4 is 10.6 Å². The summed E-state index contributed by atoms with van der Waals surface area (Å²) in [6.45, 7) is 11.5. The van der Waals surface area contributed by atoms with Crippen LogP contribution in [0.3, 0.4) is 0 Å². The first-order valence-electron chi connectivity index (χ1n) is 10.4. The van der Waals surface area contributed by atoms with Gasteiger partial charge in [0.25, 0.3) is 0 Å². The van der Waals surface area contributed by atoms with Gasteiger partial charge in [0.15, 0.2) is 0 Å². The van der Waals surface area contributed by atoms with Crippen LogP contribution in [0, 0.1) is 5.92 Å². The highest BCUT2D eigenvalue weighted by atomic mass is 16.6. The normalized spacial score (nSPS) is 23.6. The van der Waals surface area contributed by atoms with Crippen LogP contribution in [-0.2, 0) is 14.3 Å². The van der Waals surface area contributed by atoms with Crippen molar-refractivity contribution in [1.29, 1.82) is 0 Å². The van der Waals surface area contributed by atoms with Gasteiger partial charge in [-0.15, -0.1) is 0 Å². The maximum Gasteiger partial charge on any atom is 0.323 e. The van der Waals surface area contributed by atoms with Gasteiger partial charge in [-0.05, 0) is 39.5 Å². The van der Waals surface area contributed by atoms with Gasteiger partial charge in [0, 0.05) is 37.3 Å². The summed E-state index contributed by atoms with van der Waals surface area (Å²) in [4.78, 5) is 32.2. The summed E-state index contributed by atoms with van der Waals surface area (Å²) < 4.78 is 5.60. The molecular formula is C21H36N4O3. The average molecular weight is 393 g/mol. The van der Waals surface area contributed by atoms with Crippen LogP contribution >= 0.6 is 0 Å². The lowest BCUT2D eigenvalue weighted by Crippen LogP contribution is -2.52. The Balaban J connectivity index is 2.26. The molecule has 1 aliphatic heterocycles. The van der Waals surface area contributed by atoms with E-state index in [1.54, 1.807) is 19.3 Å². The third-order valence-corrected chi connectivity index (χ3v) is 5.44. The minimum absolute atomic E-state index is 0.00118. The number of amides is 1. The highest BCUT2D eigenvalue weighted by molar-refractivity contribution is 5.77. The van der Waals surface area contributed by atoms with E-state index in [0.29, 0.717) is 12.3 Å². The molecule has 1 amide bonds. The molecule has 158 valence electrons. The fourth-order valence-corrected chi connectivity index (χ4v) is 4.05. The lowest BCUT2D eigenvalue weighted by Gasteiger charge is -2.31. The number of aromatic amines is 1. The number of aromatic nitrogens is 2. The Kier molecular flexibility index (Phi) is 7.63. The summed E-state index contributed by atoms with van der Waals surface area (Å²) in [7, 11) is 0. The number of carbonyl (C=O) groups excluding carboxylic acids is 2. The van der Waals surface area contributed by atoms with Gasteiger partial charge in [-0.1, -0.05) is 26.7 Å². The van der Waals surface area contributed by atoms with Crippen molar-refractivity contribution in [2.24, 2.45) is 5.92 Å². The maximum absolute atomic E-state index is 12.7. The first-order chi connectivity index (χ1) is 13.1. The Morgan fingerprint density at radius 2 is 2.00 bits per heavy atom. The second kappa shape index (κ2) is 9.54. The summed E-state index contributed by atoms with van der Waals surface area (Å²) in [5.41, 5.74) is -0.538. The smallest absolute Gasteiger partial charge is 0.323 e. The molecule has 7 nitrogen and oxygen atoms in total. The number of hydrogen-bond donors (Lipinski definition) is 3. The minimum Gasteiger partial charge on any atom is -0.459 e. The Bertz CT molecular complexity index is 635. The van der Waals surface area contributed by atoms with E-state index in [-0.39, 0.29) is 29.9 Å². The molecule has 4 atom stereocenters. The number of H-pyrrole nitrogens is 1. The number of rotatable bonds is 8. The second-order valence-electron chi connectivity index (χ2n) is 8.82. The van der Waals surface area contributed by atoms with Crippen molar-refractivity contribution in [2.45, 2.75) is 96.9 Å². The number of hydrogen-bond acceptors (Lipinski definition) is 5. The summed E-state index contributed by atoms with van der Waals surface area (Å²) in [6.07, 6.45) is 7.08. The summed E-state index contributed by atoms with van der Waals surface area (Å²) in [6, 6.07) is -0.588. The van der Waals surface area contributed by atoms with Crippen LogP contribution in [0.2, 0.25) is 0 Å². The summed E-state index contributed by atoms with van der Waals surface area (Å²) in [5, 5.41) is 6.59. The van der Waals surface area contributed by atoms with Crippen molar-refractivity contribution < 1.29 is 14.3 Å². The number of esters is 1. The molecule has 3 N–H and O–H groups in total. The Morgan fingerprint density at radius 1 is 1.32 bits per heavy atom. The molecular weight excluding hydrogens is 356 g/mol. The van der Waals surface area contributed by atoms with E-state index in [1.807, 2.05) is 20.8 Å². The van der Waals surface area contributed by atoms with Gasteiger partial charge in [-0.25, -0.2) is 4.98 Å². The maximum atomic E-state index is 12.7. The molecule has 0 saturated carbocycles. The molecule has 1 aromatic rings. The molecule has 1 aromatic heterocycles. The van der Waals surface area contributed by atoms with E-state index in [2.05, 4.69) is 34.4 Å². The molecule has 28 heavy (non-hydrogen) atoms. The van der Waals surface area contributed by atoms with E-state index in [1.165, 1.54) is 0 Å². The lowest BCUT2D eigenvalue weighted by molar-refractivity contribution is -0.157. The monoisotopic (exact) mass is 392 g/mol. The van der Waals surface area contributed by atoms with Gasteiger partial charge in [0.1, 0.15) is 17.5 Å². The standard InChI is InChI=1S/C21H36N4O3/c1-7-14(8-2)11-16(24-13(3)26)18-15(19-22-9-10-23-19)12-17(25-18)20(27)28-21(4,5)6/h9-10,14-18,25H,7-8,11-12H2,1-6H3,(H,22,23)(H,24,26)/t15-,16-,17?,18+/m0/s1. The fraction of sp³-hybridized carbons (Fsp3) is 0.762. The van der Waals surface area contributed by atoms with Gasteiger partial charge < -0.3 is 15.0 Å². The molecule has 0 aromatic carbocycles. The SMILES string of the molecule is CCC(CC)C[C@H](NC(C)=O)[C@@H]1NC(C(=O)OC(C)(C)C)C[C@@H]1c1ncc[nH]1. The van der Waals surface area contributed by atoms with Crippen LogP contribution in [-0.4, -0.2) is 45.6 Å². The molecule has 1 aliphatic rings. The molecule has 0 bridgehead atoms. The molecule has 0 spiro atoms. The first-order valence-corrected chi connectivity index (χ1v) is 10.4. The van der Waals surface area contributed by atoms with E-state index in [4.69, 9.17) is 4.74 Å². The van der Waals surface area contributed by atoms with E-state index in [9.17, 15) is 9.59 Å². The van der Waals surface area contributed by atoms with Gasteiger partial charge in [0.2, 0.25) is 5.91 Å². The largest absolute Gasteiger partial charge is 0.459 e. The molecule has 2 rings (SSSR count). The van der Waals surface area contributed by atoms with Crippen molar-refractivity contribution in [1.82, 2.24) is 20.6 Å². The molecule has 1 saturated heterocycles. The average Bonchev–Trinajstić information content (AvgIpc) is 3.25. The lowest BCUT2D eigenvalue weighted by atomic mass is 9.85.